The molecule has 0 saturated carbocycles. The Morgan fingerprint density at radius 3 is 3.10 bits per heavy atom. The summed E-state index contributed by atoms with van der Waals surface area (Å²) < 4.78 is 12.0. The van der Waals surface area contributed by atoms with Gasteiger partial charge in [-0.05, 0) is 37.3 Å². The molecule has 2 aromatic rings. The van der Waals surface area contributed by atoms with Gasteiger partial charge in [0.05, 0.1) is 6.61 Å². The lowest BCUT2D eigenvalue weighted by Gasteiger charge is -2.39. The van der Waals surface area contributed by atoms with E-state index in [9.17, 15) is 0 Å². The van der Waals surface area contributed by atoms with Crippen molar-refractivity contribution in [3.05, 3.63) is 35.1 Å². The molecule has 2 aliphatic heterocycles. The third-order valence-electron chi connectivity index (χ3n) is 4.78. The fourth-order valence-electron chi connectivity index (χ4n) is 3.67. The largest absolute Gasteiger partial charge is 0.459 e. The van der Waals surface area contributed by atoms with Crippen LogP contribution in [0.4, 0.5) is 0 Å². The highest BCUT2D eigenvalue weighted by molar-refractivity contribution is 5.83. The SMILES string of the molecule is CCc1ccc2c3c(oc2c1)C1(CCCOC1)NCC3. The quantitative estimate of drug-likeness (QED) is 0.865. The van der Waals surface area contributed by atoms with Crippen molar-refractivity contribution in [3.8, 4) is 0 Å². The van der Waals surface area contributed by atoms with Gasteiger partial charge < -0.3 is 14.5 Å². The zero-order valence-corrected chi connectivity index (χ0v) is 12.0. The lowest BCUT2D eigenvalue weighted by atomic mass is 9.83. The number of ether oxygens (including phenoxy) is 1. The highest BCUT2D eigenvalue weighted by Crippen LogP contribution is 2.40. The third-order valence-corrected chi connectivity index (χ3v) is 4.78. The third kappa shape index (κ3) is 1.73. The smallest absolute Gasteiger partial charge is 0.134 e. The van der Waals surface area contributed by atoms with Gasteiger partial charge in [-0.15, -0.1) is 0 Å². The second-order valence-electron chi connectivity index (χ2n) is 6.01. The van der Waals surface area contributed by atoms with Crippen LogP contribution in [0.25, 0.3) is 11.0 Å². The molecule has 1 aromatic carbocycles. The number of furan rings is 1. The molecule has 0 amide bonds. The minimum absolute atomic E-state index is 0.0861. The van der Waals surface area contributed by atoms with E-state index in [0.717, 1.165) is 56.8 Å². The summed E-state index contributed by atoms with van der Waals surface area (Å²) in [5.41, 5.74) is 3.69. The molecule has 4 rings (SSSR count). The average molecular weight is 271 g/mol. The minimum Gasteiger partial charge on any atom is -0.459 e. The van der Waals surface area contributed by atoms with Gasteiger partial charge in [-0.1, -0.05) is 19.1 Å². The number of aryl methyl sites for hydroxylation is 1. The summed E-state index contributed by atoms with van der Waals surface area (Å²) in [7, 11) is 0. The van der Waals surface area contributed by atoms with Gasteiger partial charge in [0.15, 0.2) is 0 Å². The zero-order chi connectivity index (χ0) is 13.6. The van der Waals surface area contributed by atoms with Crippen LogP contribution in [0.5, 0.6) is 0 Å². The monoisotopic (exact) mass is 271 g/mol. The number of nitrogens with one attached hydrogen (secondary N) is 1. The van der Waals surface area contributed by atoms with Crippen LogP contribution in [0.1, 0.15) is 36.7 Å². The van der Waals surface area contributed by atoms with Crippen molar-refractivity contribution in [1.29, 1.82) is 0 Å². The Kier molecular flexibility index (Phi) is 2.86. The number of fused-ring (bicyclic) bond motifs is 4. The van der Waals surface area contributed by atoms with E-state index in [1.54, 1.807) is 0 Å². The Labute approximate surface area is 119 Å². The second-order valence-corrected chi connectivity index (χ2v) is 6.01. The van der Waals surface area contributed by atoms with E-state index in [1.165, 1.54) is 16.5 Å². The molecule has 1 unspecified atom stereocenters. The molecule has 0 bridgehead atoms. The molecule has 2 aliphatic rings. The maximum Gasteiger partial charge on any atom is 0.134 e. The predicted molar refractivity (Wildman–Crippen MR) is 79.0 cm³/mol. The molecular formula is C17H21NO2. The number of hydrogen-bond acceptors (Lipinski definition) is 3. The molecule has 20 heavy (non-hydrogen) atoms. The molecule has 1 fully saturated rings. The van der Waals surface area contributed by atoms with Gasteiger partial charge >= 0.3 is 0 Å². The average Bonchev–Trinajstić information content (AvgIpc) is 2.88. The summed E-state index contributed by atoms with van der Waals surface area (Å²) in [5.74, 6) is 1.13. The fraction of sp³-hybridized carbons (Fsp3) is 0.529. The summed E-state index contributed by atoms with van der Waals surface area (Å²) in [6.07, 6.45) is 4.31. The van der Waals surface area contributed by atoms with Gasteiger partial charge in [-0.25, -0.2) is 0 Å². The van der Waals surface area contributed by atoms with E-state index in [0.29, 0.717) is 0 Å². The highest BCUT2D eigenvalue weighted by Gasteiger charge is 2.42. The molecule has 3 nitrogen and oxygen atoms in total. The molecule has 0 radical (unpaired) electrons. The normalized spacial score (nSPS) is 26.1. The van der Waals surface area contributed by atoms with E-state index < -0.39 is 0 Å². The molecule has 3 heterocycles. The maximum absolute atomic E-state index is 6.28. The first-order valence-corrected chi connectivity index (χ1v) is 7.70. The number of rotatable bonds is 1. The number of hydrogen-bond donors (Lipinski definition) is 1. The lowest BCUT2D eigenvalue weighted by molar-refractivity contribution is 0.00539. The van der Waals surface area contributed by atoms with Gasteiger partial charge in [0, 0.05) is 24.1 Å². The Hall–Kier alpha value is -1.32. The van der Waals surface area contributed by atoms with Crippen LogP contribution in [0, 0.1) is 0 Å². The highest BCUT2D eigenvalue weighted by atomic mass is 16.5. The molecule has 1 saturated heterocycles. The van der Waals surface area contributed by atoms with E-state index in [2.05, 4.69) is 30.4 Å². The first-order valence-electron chi connectivity index (χ1n) is 7.70. The molecule has 0 aliphatic carbocycles. The van der Waals surface area contributed by atoms with Crippen molar-refractivity contribution >= 4 is 11.0 Å². The van der Waals surface area contributed by atoms with Crippen LogP contribution >= 0.6 is 0 Å². The van der Waals surface area contributed by atoms with Crippen LogP contribution in [0.2, 0.25) is 0 Å². The second kappa shape index (κ2) is 4.61. The summed E-state index contributed by atoms with van der Waals surface area (Å²) in [4.78, 5) is 0. The van der Waals surface area contributed by atoms with Gasteiger partial charge in [0.25, 0.3) is 0 Å². The van der Waals surface area contributed by atoms with Crippen LogP contribution in [0.3, 0.4) is 0 Å². The molecule has 1 N–H and O–H groups in total. The predicted octanol–water partition coefficient (Wildman–Crippen LogP) is 3.15. The Balaban J connectivity index is 1.89. The van der Waals surface area contributed by atoms with Gasteiger partial charge in [-0.3, -0.25) is 0 Å². The van der Waals surface area contributed by atoms with Crippen molar-refractivity contribution in [2.75, 3.05) is 19.8 Å². The molecule has 1 spiro atoms. The summed E-state index contributed by atoms with van der Waals surface area (Å²) in [6, 6.07) is 6.66. The molecule has 106 valence electrons. The molecule has 3 heteroatoms. The molecular weight excluding hydrogens is 250 g/mol. The summed E-state index contributed by atoms with van der Waals surface area (Å²) in [5, 5.41) is 4.96. The van der Waals surface area contributed by atoms with Crippen LogP contribution in [0.15, 0.2) is 22.6 Å². The Morgan fingerprint density at radius 2 is 2.30 bits per heavy atom. The first-order chi connectivity index (χ1) is 9.82. The fourth-order valence-corrected chi connectivity index (χ4v) is 3.67. The number of benzene rings is 1. The van der Waals surface area contributed by atoms with Crippen molar-refractivity contribution in [1.82, 2.24) is 5.32 Å². The van der Waals surface area contributed by atoms with Gasteiger partial charge in [0.2, 0.25) is 0 Å². The van der Waals surface area contributed by atoms with Crippen LogP contribution < -0.4 is 5.32 Å². The van der Waals surface area contributed by atoms with Crippen LogP contribution in [-0.4, -0.2) is 19.8 Å². The van der Waals surface area contributed by atoms with Crippen molar-refractivity contribution in [2.45, 2.75) is 38.1 Å². The molecule has 1 aromatic heterocycles. The van der Waals surface area contributed by atoms with Crippen molar-refractivity contribution < 1.29 is 9.15 Å². The minimum atomic E-state index is -0.0861. The van der Waals surface area contributed by atoms with Gasteiger partial charge in [-0.2, -0.15) is 0 Å². The first kappa shape index (κ1) is 12.4. The van der Waals surface area contributed by atoms with Crippen molar-refractivity contribution in [2.24, 2.45) is 0 Å². The van der Waals surface area contributed by atoms with E-state index in [-0.39, 0.29) is 5.54 Å². The molecule has 1 atom stereocenters. The standard InChI is InChI=1S/C17H21NO2/c1-2-12-4-5-13-14-6-8-18-17(7-3-9-19-11-17)16(14)20-15(13)10-12/h4-5,10,18H,2-3,6-9,11H2,1H3. The van der Waals surface area contributed by atoms with Crippen LogP contribution in [-0.2, 0) is 23.1 Å². The Morgan fingerprint density at radius 1 is 1.35 bits per heavy atom. The van der Waals surface area contributed by atoms with E-state index >= 15 is 0 Å². The van der Waals surface area contributed by atoms with E-state index in [1.807, 2.05) is 0 Å². The van der Waals surface area contributed by atoms with E-state index in [4.69, 9.17) is 9.15 Å². The summed E-state index contributed by atoms with van der Waals surface area (Å²) in [6.45, 7) is 4.81. The Bertz CT molecular complexity index is 638. The zero-order valence-electron chi connectivity index (χ0n) is 12.0. The summed E-state index contributed by atoms with van der Waals surface area (Å²) >= 11 is 0. The van der Waals surface area contributed by atoms with Gasteiger partial charge in [0.1, 0.15) is 16.9 Å². The topological polar surface area (TPSA) is 34.4 Å². The van der Waals surface area contributed by atoms with Crippen molar-refractivity contribution in [3.63, 3.8) is 0 Å². The lowest BCUT2D eigenvalue weighted by Crippen LogP contribution is -2.52. The maximum atomic E-state index is 6.28.